The van der Waals surface area contributed by atoms with Gasteiger partial charge in [-0.1, -0.05) is 0 Å². The average Bonchev–Trinajstić information content (AvgIpc) is 3.18. The molecule has 1 unspecified atom stereocenters. The quantitative estimate of drug-likeness (QED) is 0.778. The second-order valence-electron chi connectivity index (χ2n) is 5.82. The number of nitrogens with one attached hydrogen (secondary N) is 1. The van der Waals surface area contributed by atoms with Crippen molar-refractivity contribution in [2.75, 3.05) is 25.4 Å². The highest BCUT2D eigenvalue weighted by molar-refractivity contribution is 7.99. The molecule has 1 aromatic rings. The van der Waals surface area contributed by atoms with E-state index in [0.717, 1.165) is 18.3 Å². The molecule has 0 amide bonds. The standard InChI is InChI=1S/C16H23FN2S/c17-13-3-7-16(8-4-13)20-11-10-19(15-5-6-15)12-14-2-1-9-18-14/h3-4,7-8,14-15,18H,1-2,5-6,9-12H2. The molecule has 3 rings (SSSR count). The molecule has 1 aromatic carbocycles. The van der Waals surface area contributed by atoms with Crippen LogP contribution in [0.5, 0.6) is 0 Å². The maximum Gasteiger partial charge on any atom is 0.123 e. The Bertz CT molecular complexity index is 413. The zero-order valence-electron chi connectivity index (χ0n) is 11.9. The molecule has 1 aliphatic carbocycles. The molecule has 0 spiro atoms. The number of rotatable bonds is 7. The van der Waals surface area contributed by atoms with Crippen LogP contribution >= 0.6 is 11.8 Å². The summed E-state index contributed by atoms with van der Waals surface area (Å²) in [6.45, 7) is 3.53. The Labute approximate surface area is 125 Å². The van der Waals surface area contributed by atoms with Gasteiger partial charge in [0.05, 0.1) is 0 Å². The van der Waals surface area contributed by atoms with Gasteiger partial charge in [0.2, 0.25) is 0 Å². The van der Waals surface area contributed by atoms with E-state index in [-0.39, 0.29) is 5.82 Å². The summed E-state index contributed by atoms with van der Waals surface area (Å²) in [5, 5.41) is 3.59. The Morgan fingerprint density at radius 1 is 1.20 bits per heavy atom. The SMILES string of the molecule is Fc1ccc(SCCN(CC2CCCN2)C2CC2)cc1. The van der Waals surface area contributed by atoms with Crippen molar-refractivity contribution in [2.45, 2.75) is 42.7 Å². The van der Waals surface area contributed by atoms with Crippen LogP contribution < -0.4 is 5.32 Å². The Morgan fingerprint density at radius 3 is 2.65 bits per heavy atom. The number of hydrogen-bond acceptors (Lipinski definition) is 3. The van der Waals surface area contributed by atoms with Crippen LogP contribution in [0.15, 0.2) is 29.2 Å². The lowest BCUT2D eigenvalue weighted by Gasteiger charge is -2.25. The van der Waals surface area contributed by atoms with Gasteiger partial charge >= 0.3 is 0 Å². The molecule has 0 aromatic heterocycles. The van der Waals surface area contributed by atoms with Gasteiger partial charge in [0.15, 0.2) is 0 Å². The smallest absolute Gasteiger partial charge is 0.123 e. The van der Waals surface area contributed by atoms with Crippen molar-refractivity contribution >= 4 is 11.8 Å². The Kier molecular flexibility index (Phi) is 4.97. The van der Waals surface area contributed by atoms with Gasteiger partial charge in [-0.15, -0.1) is 11.8 Å². The van der Waals surface area contributed by atoms with Crippen molar-refractivity contribution in [3.05, 3.63) is 30.1 Å². The molecule has 110 valence electrons. The van der Waals surface area contributed by atoms with E-state index in [1.807, 2.05) is 23.9 Å². The van der Waals surface area contributed by atoms with Crippen LogP contribution in [-0.4, -0.2) is 42.4 Å². The Morgan fingerprint density at radius 2 is 2.00 bits per heavy atom. The number of hydrogen-bond donors (Lipinski definition) is 1. The monoisotopic (exact) mass is 294 g/mol. The predicted octanol–water partition coefficient (Wildman–Crippen LogP) is 3.13. The molecule has 1 aliphatic heterocycles. The highest BCUT2D eigenvalue weighted by Crippen LogP contribution is 2.28. The summed E-state index contributed by atoms with van der Waals surface area (Å²) in [6, 6.07) is 8.37. The first kappa shape index (κ1) is 14.4. The van der Waals surface area contributed by atoms with Crippen LogP contribution in [0.1, 0.15) is 25.7 Å². The van der Waals surface area contributed by atoms with E-state index in [1.165, 1.54) is 43.7 Å². The minimum Gasteiger partial charge on any atom is -0.313 e. The molecular weight excluding hydrogens is 271 g/mol. The van der Waals surface area contributed by atoms with Crippen LogP contribution in [0.4, 0.5) is 4.39 Å². The van der Waals surface area contributed by atoms with Crippen molar-refractivity contribution in [3.63, 3.8) is 0 Å². The van der Waals surface area contributed by atoms with E-state index in [2.05, 4.69) is 10.2 Å². The molecule has 2 fully saturated rings. The third-order valence-electron chi connectivity index (χ3n) is 4.14. The lowest BCUT2D eigenvalue weighted by atomic mass is 10.2. The molecule has 1 atom stereocenters. The predicted molar refractivity (Wildman–Crippen MR) is 82.7 cm³/mol. The Balaban J connectivity index is 1.43. The fourth-order valence-electron chi connectivity index (χ4n) is 2.87. The highest BCUT2D eigenvalue weighted by atomic mass is 32.2. The van der Waals surface area contributed by atoms with Gasteiger partial charge in [-0.05, 0) is 56.5 Å². The zero-order valence-corrected chi connectivity index (χ0v) is 12.7. The zero-order chi connectivity index (χ0) is 13.8. The first-order valence-corrected chi connectivity index (χ1v) is 8.65. The second kappa shape index (κ2) is 6.92. The van der Waals surface area contributed by atoms with Crippen LogP contribution in [-0.2, 0) is 0 Å². The maximum atomic E-state index is 12.9. The normalized spacial score (nSPS) is 22.6. The van der Waals surface area contributed by atoms with Crippen LogP contribution in [0.3, 0.4) is 0 Å². The number of nitrogens with zero attached hydrogens (tertiary/aromatic N) is 1. The molecule has 20 heavy (non-hydrogen) atoms. The van der Waals surface area contributed by atoms with Crippen LogP contribution in [0.25, 0.3) is 0 Å². The molecule has 1 N–H and O–H groups in total. The summed E-state index contributed by atoms with van der Waals surface area (Å²) in [5.41, 5.74) is 0. The van der Waals surface area contributed by atoms with Crippen molar-refractivity contribution in [2.24, 2.45) is 0 Å². The molecule has 1 heterocycles. The van der Waals surface area contributed by atoms with Crippen molar-refractivity contribution < 1.29 is 4.39 Å². The number of halogens is 1. The lowest BCUT2D eigenvalue weighted by molar-refractivity contribution is 0.254. The summed E-state index contributed by atoms with van der Waals surface area (Å²) >= 11 is 1.83. The van der Waals surface area contributed by atoms with Gasteiger partial charge in [-0.25, -0.2) is 4.39 Å². The maximum absolute atomic E-state index is 12.9. The minimum absolute atomic E-state index is 0.152. The highest BCUT2D eigenvalue weighted by Gasteiger charge is 2.30. The molecular formula is C16H23FN2S. The fraction of sp³-hybridized carbons (Fsp3) is 0.625. The van der Waals surface area contributed by atoms with E-state index in [0.29, 0.717) is 6.04 Å². The van der Waals surface area contributed by atoms with Crippen LogP contribution in [0.2, 0.25) is 0 Å². The minimum atomic E-state index is -0.152. The summed E-state index contributed by atoms with van der Waals surface area (Å²) < 4.78 is 12.9. The van der Waals surface area contributed by atoms with E-state index in [9.17, 15) is 4.39 Å². The number of thioether (sulfide) groups is 1. The van der Waals surface area contributed by atoms with E-state index < -0.39 is 0 Å². The van der Waals surface area contributed by atoms with Gasteiger partial charge in [-0.3, -0.25) is 4.90 Å². The summed E-state index contributed by atoms with van der Waals surface area (Å²) in [5.74, 6) is 0.941. The summed E-state index contributed by atoms with van der Waals surface area (Å²) in [7, 11) is 0. The van der Waals surface area contributed by atoms with Crippen LogP contribution in [0, 0.1) is 5.82 Å². The van der Waals surface area contributed by atoms with Gasteiger partial charge in [0.25, 0.3) is 0 Å². The first-order valence-electron chi connectivity index (χ1n) is 7.67. The average molecular weight is 294 g/mol. The Hall–Kier alpha value is -0.580. The second-order valence-corrected chi connectivity index (χ2v) is 6.99. The molecule has 2 nitrogen and oxygen atoms in total. The van der Waals surface area contributed by atoms with Gasteiger partial charge in [0, 0.05) is 35.8 Å². The van der Waals surface area contributed by atoms with Gasteiger partial charge in [-0.2, -0.15) is 0 Å². The summed E-state index contributed by atoms with van der Waals surface area (Å²) in [4.78, 5) is 3.82. The van der Waals surface area contributed by atoms with Gasteiger partial charge < -0.3 is 5.32 Å². The molecule has 0 radical (unpaired) electrons. The topological polar surface area (TPSA) is 15.3 Å². The molecule has 0 bridgehead atoms. The van der Waals surface area contributed by atoms with Crippen molar-refractivity contribution in [1.29, 1.82) is 0 Å². The molecule has 4 heteroatoms. The van der Waals surface area contributed by atoms with E-state index >= 15 is 0 Å². The summed E-state index contributed by atoms with van der Waals surface area (Å²) in [6.07, 6.45) is 5.39. The van der Waals surface area contributed by atoms with Crippen molar-refractivity contribution in [3.8, 4) is 0 Å². The van der Waals surface area contributed by atoms with E-state index in [1.54, 1.807) is 12.1 Å². The molecule has 1 saturated heterocycles. The molecule has 1 saturated carbocycles. The molecule has 2 aliphatic rings. The number of benzene rings is 1. The lowest BCUT2D eigenvalue weighted by Crippen LogP contribution is -2.39. The fourth-order valence-corrected chi connectivity index (χ4v) is 3.76. The largest absolute Gasteiger partial charge is 0.313 e. The van der Waals surface area contributed by atoms with Crippen molar-refractivity contribution in [1.82, 2.24) is 10.2 Å². The van der Waals surface area contributed by atoms with Gasteiger partial charge in [0.1, 0.15) is 5.82 Å². The first-order chi connectivity index (χ1) is 9.81. The third-order valence-corrected chi connectivity index (χ3v) is 5.13. The van der Waals surface area contributed by atoms with E-state index in [4.69, 9.17) is 0 Å². The third kappa shape index (κ3) is 4.21.